The molecule has 2 aliphatic carbocycles. The van der Waals surface area contributed by atoms with Crippen molar-refractivity contribution in [1.82, 2.24) is 0 Å². The minimum atomic E-state index is -8.92. The van der Waals surface area contributed by atoms with Gasteiger partial charge < -0.3 is 9.11 Å². The molecule has 0 unspecified atom stereocenters. The molecule has 0 bridgehead atoms. The minimum Gasteiger partial charge on any atom is -0.743 e. The fraction of sp³-hybridized carbons (Fsp3) is 0.615. The van der Waals surface area contributed by atoms with Crippen LogP contribution < -0.4 is 0 Å². The Morgan fingerprint density at radius 1 is 0.217 bits per heavy atom. The smallest absolute Gasteiger partial charge is 0.743 e. The van der Waals surface area contributed by atoms with Crippen LogP contribution in [0.5, 0.6) is 0 Å². The summed E-state index contributed by atoms with van der Waals surface area (Å²) in [7, 11) is -16.3. The molecule has 0 amide bonds. The zero-order valence-corrected chi connectivity index (χ0v) is 34.5. The molecule has 0 aromatic carbocycles. The van der Waals surface area contributed by atoms with Crippen LogP contribution in [-0.2, 0) is 46.4 Å². The Balaban J connectivity index is -0.00000103. The van der Waals surface area contributed by atoms with Crippen molar-refractivity contribution in [3.8, 4) is 0 Å². The summed E-state index contributed by atoms with van der Waals surface area (Å²) in [6, 6.07) is 0. The molecule has 0 atom stereocenters. The van der Waals surface area contributed by atoms with Gasteiger partial charge in [0.05, 0.1) is 0 Å². The molecule has 6 nitrogen and oxygen atoms in total. The van der Waals surface area contributed by atoms with Gasteiger partial charge in [-0.05, 0) is 64.2 Å². The molecule has 10 radical (unpaired) electrons. The average molecular weight is 1220 g/mol. The van der Waals surface area contributed by atoms with E-state index in [1.807, 2.05) is 64.2 Å². The third-order valence-electron chi connectivity index (χ3n) is 7.13. The van der Waals surface area contributed by atoms with Crippen molar-refractivity contribution in [3.63, 3.8) is 0 Å². The largest absolute Gasteiger partial charge is 4.00 e. The molecule has 2 fully saturated rings. The molecule has 2 rings (SSSR count). The molecule has 0 spiro atoms. The zero-order valence-electron chi connectivity index (χ0n) is 30.4. The standard InChI is InChI=1S/2C8HF17O3S.2C5H5.Zr/c2*9-1(10,3(13,14)5(17,18)7(21,22)23)2(11,12)4(15,16)6(19,20)8(24,25)29(26,27)28;2*1-2-4-5-3-1;/h2*(H,26,27,28);2*1-5H;/q;;;;+4/p-2. The van der Waals surface area contributed by atoms with Crippen LogP contribution in [0.15, 0.2) is 0 Å². The number of hydrogen-bond acceptors (Lipinski definition) is 6. The molecular formula is C26H10F34O6S2Zr+2. The van der Waals surface area contributed by atoms with Gasteiger partial charge in [-0.2, -0.15) is 149 Å². The Hall–Kier alpha value is -1.68. The molecule has 2 saturated carbocycles. The van der Waals surface area contributed by atoms with E-state index in [0.717, 1.165) is 0 Å². The molecule has 0 aromatic heterocycles. The molecule has 0 heterocycles. The molecule has 0 N–H and O–H groups in total. The third kappa shape index (κ3) is 11.8. The number of rotatable bonds is 14. The normalized spacial score (nSPS) is 17.7. The van der Waals surface area contributed by atoms with Gasteiger partial charge in [0.15, 0.2) is 20.2 Å². The molecule has 43 heteroatoms. The van der Waals surface area contributed by atoms with E-state index in [2.05, 4.69) is 0 Å². The third-order valence-corrected chi connectivity index (χ3v) is 8.89. The van der Waals surface area contributed by atoms with E-state index >= 15 is 0 Å². The fourth-order valence-corrected chi connectivity index (χ4v) is 4.14. The first kappa shape index (κ1) is 71.6. The first-order chi connectivity index (χ1) is 29.0. The van der Waals surface area contributed by atoms with Crippen LogP contribution in [0.3, 0.4) is 0 Å². The van der Waals surface area contributed by atoms with Crippen molar-refractivity contribution in [1.29, 1.82) is 0 Å². The van der Waals surface area contributed by atoms with Crippen molar-refractivity contribution < 1.29 is 201 Å². The molecule has 402 valence electrons. The summed E-state index contributed by atoms with van der Waals surface area (Å²) in [5, 5.41) is -15.9. The van der Waals surface area contributed by atoms with Gasteiger partial charge in [-0.1, -0.05) is 0 Å². The summed E-state index contributed by atoms with van der Waals surface area (Å²) in [6.45, 7) is 0. The van der Waals surface area contributed by atoms with E-state index in [-0.39, 0.29) is 26.2 Å². The summed E-state index contributed by atoms with van der Waals surface area (Å²) in [5.41, 5.74) is 0. The van der Waals surface area contributed by atoms with Crippen molar-refractivity contribution in [2.24, 2.45) is 0 Å². The maximum absolute atomic E-state index is 13.0. The van der Waals surface area contributed by atoms with Crippen LogP contribution in [0.2, 0.25) is 0 Å². The first-order valence-electron chi connectivity index (χ1n) is 14.7. The van der Waals surface area contributed by atoms with Gasteiger partial charge in [0.25, 0.3) is 0 Å². The summed E-state index contributed by atoms with van der Waals surface area (Å²) >= 11 is 0. The molecule has 0 aromatic rings. The predicted octanol–water partition coefficient (Wildman–Crippen LogP) is 11.0. The average Bonchev–Trinajstić information content (AvgIpc) is 3.90. The second-order valence-corrected chi connectivity index (χ2v) is 14.6. The van der Waals surface area contributed by atoms with E-state index < -0.39 is 114 Å². The van der Waals surface area contributed by atoms with Gasteiger partial charge >= 0.3 is 120 Å². The van der Waals surface area contributed by atoms with Crippen LogP contribution in [0.1, 0.15) is 0 Å². The van der Waals surface area contributed by atoms with Crippen LogP contribution in [0, 0.1) is 64.2 Å². The van der Waals surface area contributed by atoms with E-state index in [1.165, 1.54) is 0 Å². The van der Waals surface area contributed by atoms with Gasteiger partial charge in [0.2, 0.25) is 0 Å². The Morgan fingerprint density at radius 2 is 0.319 bits per heavy atom. The van der Waals surface area contributed by atoms with Gasteiger partial charge in [-0.15, -0.1) is 0 Å². The van der Waals surface area contributed by atoms with Crippen LogP contribution >= 0.6 is 0 Å². The second-order valence-electron chi connectivity index (χ2n) is 11.8. The van der Waals surface area contributed by atoms with Gasteiger partial charge in [-0.25, -0.2) is 16.8 Å². The topological polar surface area (TPSA) is 114 Å². The maximum Gasteiger partial charge on any atom is 4.00 e. The molecular weight excluding hydrogens is 1210 g/mol. The van der Waals surface area contributed by atoms with E-state index in [1.54, 1.807) is 0 Å². The number of halogens is 34. The first-order valence-corrected chi connectivity index (χ1v) is 17.5. The molecule has 0 aliphatic heterocycles. The van der Waals surface area contributed by atoms with Crippen LogP contribution in [0.25, 0.3) is 0 Å². The zero-order chi connectivity index (χ0) is 56.1. The molecule has 0 saturated heterocycles. The second kappa shape index (κ2) is 20.9. The van der Waals surface area contributed by atoms with E-state index in [4.69, 9.17) is 0 Å². The van der Waals surface area contributed by atoms with Crippen LogP contribution in [-0.4, -0.2) is 120 Å². The monoisotopic (exact) mass is 1220 g/mol. The Labute approximate surface area is 379 Å². The molecule has 2 aliphatic rings. The van der Waals surface area contributed by atoms with Gasteiger partial charge in [0.1, 0.15) is 0 Å². The Kier molecular flexibility index (Phi) is 21.7. The Morgan fingerprint density at radius 3 is 0.420 bits per heavy atom. The Bertz CT molecular complexity index is 1750. The summed E-state index contributed by atoms with van der Waals surface area (Å²) < 4.78 is 488. The maximum atomic E-state index is 13.0. The number of hydrogen-bond donors (Lipinski definition) is 0. The van der Waals surface area contributed by atoms with Crippen molar-refractivity contribution >= 4 is 20.2 Å². The van der Waals surface area contributed by atoms with Crippen LogP contribution in [0.4, 0.5) is 149 Å². The quantitative estimate of drug-likeness (QED) is 0.126. The van der Waals surface area contributed by atoms with E-state index in [0.29, 0.717) is 0 Å². The minimum absolute atomic E-state index is 0. The summed E-state index contributed by atoms with van der Waals surface area (Å²) in [4.78, 5) is 0. The molecule has 69 heavy (non-hydrogen) atoms. The fourth-order valence-electron chi connectivity index (χ4n) is 3.25. The van der Waals surface area contributed by atoms with Crippen molar-refractivity contribution in [3.05, 3.63) is 64.2 Å². The van der Waals surface area contributed by atoms with Gasteiger partial charge in [-0.3, -0.25) is 0 Å². The van der Waals surface area contributed by atoms with E-state index in [9.17, 15) is 175 Å². The summed E-state index contributed by atoms with van der Waals surface area (Å²) in [5.74, 6) is -104. The van der Waals surface area contributed by atoms with Gasteiger partial charge in [0, 0.05) is 0 Å². The van der Waals surface area contributed by atoms with Crippen molar-refractivity contribution in [2.45, 2.75) is 93.9 Å². The SMILES string of the molecule is O=S(=O)([O-])C(F)(F)C(F)(F)C(F)(F)C(F)(F)C(F)(F)C(F)(F)C(F)(F)C(F)(F)F.O=S(=O)([O-])C(F)(F)C(F)(F)C(F)(F)C(F)(F)C(F)(F)C(F)(F)C(F)(F)C(F)(F)F.[CH]1[CH][CH][CH][CH]1.[CH]1[CH][CH][CH][CH]1.[Zr+4]. The number of alkyl halides is 34. The van der Waals surface area contributed by atoms with Crippen molar-refractivity contribution in [2.75, 3.05) is 0 Å². The predicted molar refractivity (Wildman–Crippen MR) is 144 cm³/mol. The summed E-state index contributed by atoms with van der Waals surface area (Å²) in [6.07, 6.45) is 4.21.